The zero-order valence-electron chi connectivity index (χ0n) is 16.4. The van der Waals surface area contributed by atoms with E-state index in [1.165, 1.54) is 29.6 Å². The number of hydrogen-bond donors (Lipinski definition) is 5. The fraction of sp³-hybridized carbons (Fsp3) is 0.368. The second-order valence-electron chi connectivity index (χ2n) is 7.11. The first-order chi connectivity index (χ1) is 14.8. The predicted octanol–water partition coefficient (Wildman–Crippen LogP) is -0.322. The van der Waals surface area contributed by atoms with Crippen molar-refractivity contribution < 1.29 is 24.9 Å². The molecule has 1 amide bonds. The number of H-pyrrole nitrogens is 1. The number of ether oxygens (including phenoxy) is 1. The average molecular weight is 447 g/mol. The SMILES string of the molecule is CC(=O)Nc1nc2c(ncn2C[C@H]2O[C@H](Sc3ccccc3)[C@@H](O)[C@@H](O)[C@@H]2O)c(=O)[nH]1. The molecule has 2 aromatic heterocycles. The number of anilines is 1. The lowest BCUT2D eigenvalue weighted by Gasteiger charge is -2.40. The number of carbonyl (C=O) groups excluding carboxylic acids is 1. The van der Waals surface area contributed by atoms with E-state index in [0.29, 0.717) is 0 Å². The topological polar surface area (TPSA) is 163 Å². The van der Waals surface area contributed by atoms with Gasteiger partial charge in [0.05, 0.1) is 12.9 Å². The Morgan fingerprint density at radius 1 is 1.23 bits per heavy atom. The van der Waals surface area contributed by atoms with Gasteiger partial charge in [-0.05, 0) is 12.1 Å². The molecule has 0 unspecified atom stereocenters. The first-order valence-electron chi connectivity index (χ1n) is 9.47. The number of thioether (sulfide) groups is 1. The lowest BCUT2D eigenvalue weighted by Crippen LogP contribution is -2.57. The van der Waals surface area contributed by atoms with Gasteiger partial charge >= 0.3 is 0 Å². The number of aromatic nitrogens is 4. The van der Waals surface area contributed by atoms with Crippen LogP contribution in [-0.2, 0) is 16.1 Å². The minimum atomic E-state index is -1.43. The minimum Gasteiger partial charge on any atom is -0.388 e. The van der Waals surface area contributed by atoms with Gasteiger partial charge in [-0.2, -0.15) is 4.98 Å². The molecular formula is C19H21N5O6S. The average Bonchev–Trinajstić information content (AvgIpc) is 3.13. The molecule has 1 aromatic carbocycles. The molecule has 11 nitrogen and oxygen atoms in total. The van der Waals surface area contributed by atoms with E-state index in [9.17, 15) is 24.9 Å². The third-order valence-electron chi connectivity index (χ3n) is 4.81. The molecule has 0 saturated carbocycles. The fourth-order valence-corrected chi connectivity index (χ4v) is 4.39. The Bertz CT molecular complexity index is 1140. The molecule has 0 aliphatic carbocycles. The van der Waals surface area contributed by atoms with E-state index in [2.05, 4.69) is 20.3 Å². The van der Waals surface area contributed by atoms with Crippen LogP contribution in [0.3, 0.4) is 0 Å². The Hall–Kier alpha value is -2.77. The lowest BCUT2D eigenvalue weighted by atomic mass is 10.00. The number of nitrogens with zero attached hydrogens (tertiary/aromatic N) is 3. The maximum atomic E-state index is 12.2. The lowest BCUT2D eigenvalue weighted by molar-refractivity contribution is -0.200. The summed E-state index contributed by atoms with van der Waals surface area (Å²) >= 11 is 1.22. The largest absolute Gasteiger partial charge is 0.388 e. The van der Waals surface area contributed by atoms with Crippen molar-refractivity contribution in [2.24, 2.45) is 0 Å². The van der Waals surface area contributed by atoms with Crippen LogP contribution in [0.4, 0.5) is 5.95 Å². The molecule has 5 N–H and O–H groups in total. The number of imidazole rings is 1. The number of hydrogen-bond acceptors (Lipinski definition) is 9. The Morgan fingerprint density at radius 2 is 1.97 bits per heavy atom. The van der Waals surface area contributed by atoms with E-state index in [1.807, 2.05) is 30.3 Å². The summed E-state index contributed by atoms with van der Waals surface area (Å²) in [5.74, 6) is -0.442. The summed E-state index contributed by atoms with van der Waals surface area (Å²) in [6, 6.07) is 9.23. The van der Waals surface area contributed by atoms with Crippen LogP contribution in [0.25, 0.3) is 11.2 Å². The normalized spacial score (nSPS) is 26.1. The van der Waals surface area contributed by atoms with Crippen molar-refractivity contribution in [1.29, 1.82) is 0 Å². The van der Waals surface area contributed by atoms with Crippen molar-refractivity contribution in [3.05, 3.63) is 47.0 Å². The first-order valence-corrected chi connectivity index (χ1v) is 10.4. The van der Waals surface area contributed by atoms with Gasteiger partial charge in [0, 0.05) is 11.8 Å². The maximum absolute atomic E-state index is 12.2. The highest BCUT2D eigenvalue weighted by atomic mass is 32.2. The third-order valence-corrected chi connectivity index (χ3v) is 5.98. The summed E-state index contributed by atoms with van der Waals surface area (Å²) in [5.41, 5.74) is -1.14. The van der Waals surface area contributed by atoms with E-state index in [1.54, 1.807) is 0 Å². The Labute approximate surface area is 180 Å². The number of fused-ring (bicyclic) bond motifs is 1. The zero-order chi connectivity index (χ0) is 22.1. The highest BCUT2D eigenvalue weighted by Crippen LogP contribution is 2.33. The standard InChI is InChI=1S/C19H21N5O6S/c1-9(25)21-19-22-16-12(17(29)23-19)20-8-24(16)7-11-13(26)14(27)15(28)18(30-11)31-10-5-3-2-4-6-10/h2-6,8,11,13-15,18,26-28H,7H2,1H3,(H2,21,22,23,25,29)/t11-,13-,14+,15+,18-/m1/s1. The minimum absolute atomic E-state index is 0.00324. The summed E-state index contributed by atoms with van der Waals surface area (Å²) in [6.45, 7) is 1.29. The number of aliphatic hydroxyl groups is 3. The van der Waals surface area contributed by atoms with E-state index < -0.39 is 41.3 Å². The van der Waals surface area contributed by atoms with Crippen molar-refractivity contribution in [3.8, 4) is 0 Å². The van der Waals surface area contributed by atoms with Crippen LogP contribution in [0.15, 0.2) is 46.3 Å². The smallest absolute Gasteiger partial charge is 0.280 e. The van der Waals surface area contributed by atoms with Gasteiger partial charge in [0.25, 0.3) is 5.56 Å². The van der Waals surface area contributed by atoms with Crippen LogP contribution < -0.4 is 10.9 Å². The highest BCUT2D eigenvalue weighted by molar-refractivity contribution is 7.99. The van der Waals surface area contributed by atoms with Gasteiger partial charge in [-0.1, -0.05) is 30.0 Å². The third kappa shape index (κ3) is 4.48. The molecule has 1 fully saturated rings. The summed E-state index contributed by atoms with van der Waals surface area (Å²) < 4.78 is 7.39. The number of amides is 1. The summed E-state index contributed by atoms with van der Waals surface area (Å²) in [4.78, 5) is 35.0. The van der Waals surface area contributed by atoms with Crippen LogP contribution >= 0.6 is 11.8 Å². The van der Waals surface area contributed by atoms with E-state index in [0.717, 1.165) is 4.90 Å². The van der Waals surface area contributed by atoms with Gasteiger partial charge in [-0.3, -0.25) is 19.9 Å². The molecule has 0 spiro atoms. The van der Waals surface area contributed by atoms with Crippen LogP contribution in [0, 0.1) is 0 Å². The van der Waals surface area contributed by atoms with Crippen LogP contribution in [0.5, 0.6) is 0 Å². The van der Waals surface area contributed by atoms with E-state index >= 15 is 0 Å². The molecule has 4 rings (SSSR count). The van der Waals surface area contributed by atoms with Crippen LogP contribution in [0.1, 0.15) is 6.92 Å². The number of nitrogens with one attached hydrogen (secondary N) is 2. The van der Waals surface area contributed by atoms with E-state index in [-0.39, 0.29) is 23.7 Å². The molecule has 31 heavy (non-hydrogen) atoms. The Morgan fingerprint density at radius 3 is 2.68 bits per heavy atom. The van der Waals surface area contributed by atoms with Crippen molar-refractivity contribution in [2.75, 3.05) is 5.32 Å². The maximum Gasteiger partial charge on any atom is 0.280 e. The molecule has 3 aromatic rings. The quantitative estimate of drug-likeness (QED) is 0.353. The van der Waals surface area contributed by atoms with Crippen molar-refractivity contribution in [1.82, 2.24) is 19.5 Å². The van der Waals surface area contributed by atoms with Gasteiger partial charge in [-0.15, -0.1) is 0 Å². The van der Waals surface area contributed by atoms with E-state index in [4.69, 9.17) is 4.74 Å². The summed E-state index contributed by atoms with van der Waals surface area (Å²) in [6.07, 6.45) is -3.67. The molecule has 0 radical (unpaired) electrons. The van der Waals surface area contributed by atoms with Gasteiger partial charge < -0.3 is 24.6 Å². The van der Waals surface area contributed by atoms with Crippen molar-refractivity contribution in [2.45, 2.75) is 48.2 Å². The van der Waals surface area contributed by atoms with Gasteiger partial charge in [0.15, 0.2) is 11.2 Å². The number of benzene rings is 1. The molecule has 1 saturated heterocycles. The monoisotopic (exact) mass is 447 g/mol. The van der Waals surface area contributed by atoms with Crippen molar-refractivity contribution >= 4 is 34.8 Å². The zero-order valence-corrected chi connectivity index (χ0v) is 17.2. The second kappa shape index (κ2) is 8.77. The number of aromatic amines is 1. The molecular weight excluding hydrogens is 426 g/mol. The molecule has 1 aliphatic rings. The summed E-state index contributed by atoms with van der Waals surface area (Å²) in [5, 5.41) is 33.6. The van der Waals surface area contributed by atoms with Gasteiger partial charge in [0.2, 0.25) is 11.9 Å². The fourth-order valence-electron chi connectivity index (χ4n) is 3.31. The van der Waals surface area contributed by atoms with Crippen LogP contribution in [0.2, 0.25) is 0 Å². The summed E-state index contributed by atoms with van der Waals surface area (Å²) in [7, 11) is 0. The molecule has 5 atom stereocenters. The highest BCUT2D eigenvalue weighted by Gasteiger charge is 2.44. The Balaban J connectivity index is 1.60. The molecule has 0 bridgehead atoms. The number of rotatable bonds is 5. The van der Waals surface area contributed by atoms with Gasteiger partial charge in [0.1, 0.15) is 29.9 Å². The molecule has 164 valence electrons. The molecule has 12 heteroatoms. The van der Waals surface area contributed by atoms with Crippen LogP contribution in [-0.4, -0.2) is 70.6 Å². The van der Waals surface area contributed by atoms with Gasteiger partial charge in [-0.25, -0.2) is 4.98 Å². The number of carbonyl (C=O) groups is 1. The molecule has 3 heterocycles. The number of aliphatic hydroxyl groups excluding tert-OH is 3. The Kier molecular flexibility index (Phi) is 6.07. The first kappa shape index (κ1) is 21.5. The predicted molar refractivity (Wildman–Crippen MR) is 111 cm³/mol. The second-order valence-corrected chi connectivity index (χ2v) is 8.28. The molecule has 1 aliphatic heterocycles. The van der Waals surface area contributed by atoms with Crippen molar-refractivity contribution in [3.63, 3.8) is 0 Å².